The van der Waals surface area contributed by atoms with E-state index in [-0.39, 0.29) is 5.78 Å². The summed E-state index contributed by atoms with van der Waals surface area (Å²) >= 11 is 1.44. The molecule has 0 spiro atoms. The van der Waals surface area contributed by atoms with Crippen LogP contribution in [0.3, 0.4) is 0 Å². The molecule has 1 aliphatic carbocycles. The van der Waals surface area contributed by atoms with Gasteiger partial charge in [0.2, 0.25) is 0 Å². The molecule has 1 aliphatic rings. The van der Waals surface area contributed by atoms with Crippen molar-refractivity contribution in [2.45, 2.75) is 32.6 Å². The molecule has 0 aliphatic heterocycles. The van der Waals surface area contributed by atoms with Gasteiger partial charge < -0.3 is 0 Å². The lowest BCUT2D eigenvalue weighted by molar-refractivity contribution is 0.102. The fourth-order valence-corrected chi connectivity index (χ4v) is 3.30. The van der Waals surface area contributed by atoms with E-state index in [1.807, 2.05) is 35.2 Å². The van der Waals surface area contributed by atoms with Crippen LogP contribution in [-0.4, -0.2) is 25.5 Å². The molecule has 0 N–H and O–H groups in total. The Balaban J connectivity index is 1.87. The highest BCUT2D eigenvalue weighted by molar-refractivity contribution is 7.12. The van der Waals surface area contributed by atoms with Crippen LogP contribution in [0, 0.1) is 6.92 Å². The summed E-state index contributed by atoms with van der Waals surface area (Å²) in [6, 6.07) is 5.82. The Morgan fingerprint density at radius 1 is 1.39 bits per heavy atom. The first kappa shape index (κ1) is 14.3. The third-order valence-electron chi connectivity index (χ3n) is 3.95. The van der Waals surface area contributed by atoms with Crippen LogP contribution in [0.4, 0.5) is 0 Å². The van der Waals surface area contributed by atoms with Crippen LogP contribution in [0.2, 0.25) is 0 Å². The van der Waals surface area contributed by atoms with Gasteiger partial charge in [-0.25, -0.2) is 9.97 Å². The van der Waals surface area contributed by atoms with Crippen molar-refractivity contribution in [1.29, 1.82) is 0 Å². The first-order chi connectivity index (χ1) is 11.1. The Labute approximate surface area is 138 Å². The van der Waals surface area contributed by atoms with Crippen molar-refractivity contribution in [1.82, 2.24) is 19.7 Å². The number of nitrogens with zero attached hydrogens (tertiary/aromatic N) is 4. The number of aromatic nitrogens is 4. The van der Waals surface area contributed by atoms with Crippen LogP contribution < -0.4 is 0 Å². The molecule has 6 heteroatoms. The normalized spacial score (nSPS) is 14.2. The predicted octanol–water partition coefficient (Wildman–Crippen LogP) is 3.78. The van der Waals surface area contributed by atoms with Crippen LogP contribution in [0.15, 0.2) is 29.8 Å². The van der Waals surface area contributed by atoms with E-state index in [2.05, 4.69) is 4.98 Å². The number of hydrogen-bond acceptors (Lipinski definition) is 5. The molecule has 116 valence electrons. The maximum absolute atomic E-state index is 11.6. The van der Waals surface area contributed by atoms with Crippen LogP contribution in [-0.2, 0) is 0 Å². The minimum absolute atomic E-state index is 0.0729. The Kier molecular flexibility index (Phi) is 3.34. The first-order valence-electron chi connectivity index (χ1n) is 7.62. The SMILES string of the molecule is CC(=O)c1cc(-c2nc(C3CC3)nn2-c2ncccc2C)cs1. The Bertz CT molecular complexity index is 892. The van der Waals surface area contributed by atoms with Gasteiger partial charge in [-0.2, -0.15) is 4.68 Å². The molecule has 0 amide bonds. The average molecular weight is 324 g/mol. The Morgan fingerprint density at radius 3 is 2.87 bits per heavy atom. The summed E-state index contributed by atoms with van der Waals surface area (Å²) in [5, 5.41) is 6.66. The number of hydrogen-bond donors (Lipinski definition) is 0. The van der Waals surface area contributed by atoms with Crippen LogP contribution in [0.1, 0.15) is 46.7 Å². The molecule has 3 aromatic heterocycles. The van der Waals surface area contributed by atoms with Gasteiger partial charge in [0, 0.05) is 23.1 Å². The second kappa shape index (κ2) is 5.38. The van der Waals surface area contributed by atoms with Crippen molar-refractivity contribution in [2.75, 3.05) is 0 Å². The Hall–Kier alpha value is -2.34. The molecule has 0 aromatic carbocycles. The van der Waals surface area contributed by atoms with E-state index in [0.717, 1.165) is 46.3 Å². The minimum atomic E-state index is 0.0729. The third kappa shape index (κ3) is 2.59. The summed E-state index contributed by atoms with van der Waals surface area (Å²) in [5.41, 5.74) is 1.97. The van der Waals surface area contributed by atoms with Gasteiger partial charge in [0.25, 0.3) is 0 Å². The summed E-state index contributed by atoms with van der Waals surface area (Å²) in [5.74, 6) is 2.96. The van der Waals surface area contributed by atoms with Crippen molar-refractivity contribution in [2.24, 2.45) is 0 Å². The second-order valence-corrected chi connectivity index (χ2v) is 6.79. The number of pyridine rings is 1. The summed E-state index contributed by atoms with van der Waals surface area (Å²) in [4.78, 5) is 21.5. The molecular weight excluding hydrogens is 308 g/mol. The predicted molar refractivity (Wildman–Crippen MR) is 89.2 cm³/mol. The smallest absolute Gasteiger partial charge is 0.169 e. The van der Waals surface area contributed by atoms with Gasteiger partial charge in [-0.05, 0) is 44.4 Å². The summed E-state index contributed by atoms with van der Waals surface area (Å²) in [6.07, 6.45) is 4.05. The molecular formula is C17H16N4OS. The van der Waals surface area contributed by atoms with Gasteiger partial charge in [-0.3, -0.25) is 4.79 Å². The van der Waals surface area contributed by atoms with Gasteiger partial charge in [0.05, 0.1) is 4.88 Å². The molecule has 3 heterocycles. The van der Waals surface area contributed by atoms with Crippen molar-refractivity contribution < 1.29 is 4.79 Å². The Morgan fingerprint density at radius 2 is 2.22 bits per heavy atom. The molecule has 1 fully saturated rings. The molecule has 4 rings (SSSR count). The first-order valence-corrected chi connectivity index (χ1v) is 8.50. The van der Waals surface area contributed by atoms with Crippen molar-refractivity contribution in [3.05, 3.63) is 46.0 Å². The highest BCUT2D eigenvalue weighted by Crippen LogP contribution is 2.39. The number of rotatable bonds is 4. The van der Waals surface area contributed by atoms with Crippen molar-refractivity contribution >= 4 is 17.1 Å². The number of Topliss-reactive ketones (excluding diaryl/α,β-unsaturated/α-hetero) is 1. The average Bonchev–Trinajstić information content (AvgIpc) is 3.11. The molecule has 0 bridgehead atoms. The number of carbonyl (C=O) groups is 1. The fraction of sp³-hybridized carbons (Fsp3) is 0.294. The number of aryl methyl sites for hydroxylation is 1. The molecule has 0 radical (unpaired) electrons. The largest absolute Gasteiger partial charge is 0.294 e. The summed E-state index contributed by atoms with van der Waals surface area (Å²) in [6.45, 7) is 3.60. The van der Waals surface area contributed by atoms with E-state index in [9.17, 15) is 4.79 Å². The van der Waals surface area contributed by atoms with Crippen molar-refractivity contribution in [3.63, 3.8) is 0 Å². The molecule has 3 aromatic rings. The monoisotopic (exact) mass is 324 g/mol. The molecule has 23 heavy (non-hydrogen) atoms. The third-order valence-corrected chi connectivity index (χ3v) is 4.98. The number of thiophene rings is 1. The maximum atomic E-state index is 11.6. The number of ketones is 1. The van der Waals surface area contributed by atoms with Crippen LogP contribution in [0.5, 0.6) is 0 Å². The number of carbonyl (C=O) groups excluding carboxylic acids is 1. The lowest BCUT2D eigenvalue weighted by Crippen LogP contribution is -2.04. The second-order valence-electron chi connectivity index (χ2n) is 5.88. The molecule has 0 saturated heterocycles. The van der Waals surface area contributed by atoms with Crippen molar-refractivity contribution in [3.8, 4) is 17.2 Å². The van der Waals surface area contributed by atoms with E-state index in [0.29, 0.717) is 5.92 Å². The van der Waals surface area contributed by atoms with Gasteiger partial charge in [0.15, 0.2) is 23.2 Å². The zero-order valence-electron chi connectivity index (χ0n) is 13.0. The zero-order chi connectivity index (χ0) is 16.0. The van der Waals surface area contributed by atoms with E-state index in [4.69, 9.17) is 10.1 Å². The summed E-state index contributed by atoms with van der Waals surface area (Å²) in [7, 11) is 0. The van der Waals surface area contributed by atoms with Gasteiger partial charge in [-0.15, -0.1) is 16.4 Å². The van der Waals surface area contributed by atoms with E-state index < -0.39 is 0 Å². The van der Waals surface area contributed by atoms with Crippen LogP contribution >= 0.6 is 11.3 Å². The van der Waals surface area contributed by atoms with Gasteiger partial charge in [0.1, 0.15) is 0 Å². The molecule has 5 nitrogen and oxygen atoms in total. The van der Waals surface area contributed by atoms with Gasteiger partial charge >= 0.3 is 0 Å². The lowest BCUT2D eigenvalue weighted by Gasteiger charge is -2.06. The maximum Gasteiger partial charge on any atom is 0.169 e. The lowest BCUT2D eigenvalue weighted by atomic mass is 10.2. The minimum Gasteiger partial charge on any atom is -0.294 e. The molecule has 0 atom stereocenters. The van der Waals surface area contributed by atoms with E-state index >= 15 is 0 Å². The van der Waals surface area contributed by atoms with E-state index in [1.54, 1.807) is 13.1 Å². The highest BCUT2D eigenvalue weighted by Gasteiger charge is 2.30. The quantitative estimate of drug-likeness (QED) is 0.685. The van der Waals surface area contributed by atoms with Gasteiger partial charge in [-0.1, -0.05) is 6.07 Å². The van der Waals surface area contributed by atoms with E-state index in [1.165, 1.54) is 11.3 Å². The molecule has 1 saturated carbocycles. The zero-order valence-corrected chi connectivity index (χ0v) is 13.8. The topological polar surface area (TPSA) is 60.7 Å². The fourth-order valence-electron chi connectivity index (χ4n) is 2.51. The summed E-state index contributed by atoms with van der Waals surface area (Å²) < 4.78 is 1.81. The van der Waals surface area contributed by atoms with Crippen LogP contribution in [0.25, 0.3) is 17.2 Å². The standard InChI is InChI=1S/C17H16N4OS/c1-10-4-3-7-18-16(10)21-17(19-15(20-21)12-5-6-12)13-8-14(11(2)22)23-9-13/h3-4,7-9,12H,5-6H2,1-2H3. The highest BCUT2D eigenvalue weighted by atomic mass is 32.1. The molecule has 0 unspecified atom stereocenters.